The van der Waals surface area contributed by atoms with Gasteiger partial charge < -0.3 is 19.5 Å². The standard InChI is InChI=1S/C27H27N3O6/c1-16-8-9-18-21(32)15-27(36-25(18)17(16)2)10-12-29(13-11-27)26(34)24-20(31)14-23(33)30(28-24)19-6-4-5-7-22(19)35-3/h4-9,14,31H,10-13,15H2,1-3H3. The first kappa shape index (κ1) is 23.6. The number of carbonyl (C=O) groups is 2. The molecule has 2 aliphatic rings. The number of piperidine rings is 1. The number of aromatic nitrogens is 2. The number of aryl methyl sites for hydroxylation is 1. The molecule has 1 amide bonds. The van der Waals surface area contributed by atoms with Crippen molar-refractivity contribution in [1.82, 2.24) is 14.7 Å². The number of ether oxygens (including phenoxy) is 2. The summed E-state index contributed by atoms with van der Waals surface area (Å²) in [6.07, 6.45) is 1.18. The molecule has 9 heteroatoms. The molecule has 36 heavy (non-hydrogen) atoms. The van der Waals surface area contributed by atoms with E-state index in [9.17, 15) is 19.5 Å². The largest absolute Gasteiger partial charge is 0.505 e. The third-order valence-electron chi connectivity index (χ3n) is 7.17. The highest BCUT2D eigenvalue weighted by molar-refractivity contribution is 6.01. The molecule has 0 radical (unpaired) electrons. The van der Waals surface area contributed by atoms with E-state index < -0.39 is 22.8 Å². The van der Waals surface area contributed by atoms with E-state index >= 15 is 0 Å². The number of para-hydroxylation sites is 2. The van der Waals surface area contributed by atoms with Gasteiger partial charge in [-0.2, -0.15) is 9.78 Å². The summed E-state index contributed by atoms with van der Waals surface area (Å²) < 4.78 is 12.8. The van der Waals surface area contributed by atoms with Gasteiger partial charge in [0.2, 0.25) is 0 Å². The Morgan fingerprint density at radius 2 is 1.83 bits per heavy atom. The molecule has 9 nitrogen and oxygen atoms in total. The van der Waals surface area contributed by atoms with Crippen molar-refractivity contribution in [2.45, 2.75) is 38.7 Å². The lowest BCUT2D eigenvalue weighted by atomic mass is 9.81. The van der Waals surface area contributed by atoms with Crippen LogP contribution in [-0.4, -0.2) is 57.3 Å². The minimum absolute atomic E-state index is 0.0438. The van der Waals surface area contributed by atoms with Crippen molar-refractivity contribution in [3.05, 3.63) is 75.2 Å². The minimum atomic E-state index is -0.676. The smallest absolute Gasteiger partial charge is 0.278 e. The van der Waals surface area contributed by atoms with Crippen molar-refractivity contribution in [2.75, 3.05) is 20.2 Å². The van der Waals surface area contributed by atoms with Gasteiger partial charge in [-0.15, -0.1) is 0 Å². The Labute approximate surface area is 207 Å². The van der Waals surface area contributed by atoms with Gasteiger partial charge in [0, 0.05) is 32.0 Å². The van der Waals surface area contributed by atoms with Crippen molar-refractivity contribution >= 4 is 11.7 Å². The number of methoxy groups -OCH3 is 1. The van der Waals surface area contributed by atoms with Crippen LogP contribution in [0.15, 0.2) is 47.3 Å². The molecule has 0 atom stereocenters. The average molecular weight is 490 g/mol. The predicted molar refractivity (Wildman–Crippen MR) is 131 cm³/mol. The molecule has 0 bridgehead atoms. The fraction of sp³-hybridized carbons (Fsp3) is 0.333. The first-order chi connectivity index (χ1) is 17.2. The number of carbonyl (C=O) groups excluding carboxylic acids is 2. The number of rotatable bonds is 3. The van der Waals surface area contributed by atoms with Crippen LogP contribution in [0.3, 0.4) is 0 Å². The number of hydrogen-bond donors (Lipinski definition) is 1. The zero-order valence-corrected chi connectivity index (χ0v) is 20.4. The van der Waals surface area contributed by atoms with Gasteiger partial charge in [-0.3, -0.25) is 14.4 Å². The van der Waals surface area contributed by atoms with Crippen LogP contribution in [0.2, 0.25) is 0 Å². The van der Waals surface area contributed by atoms with E-state index in [0.717, 1.165) is 21.9 Å². The Hall–Kier alpha value is -4.14. The molecular weight excluding hydrogens is 462 g/mol. The lowest BCUT2D eigenvalue weighted by molar-refractivity contribution is -0.00643. The molecule has 1 aromatic heterocycles. The van der Waals surface area contributed by atoms with Crippen LogP contribution in [0.25, 0.3) is 5.69 Å². The van der Waals surface area contributed by atoms with Crippen molar-refractivity contribution < 1.29 is 24.2 Å². The number of Topliss-reactive ketones (excluding diaryl/α,β-unsaturated/α-hetero) is 1. The maximum Gasteiger partial charge on any atom is 0.278 e. The Morgan fingerprint density at radius 1 is 1.11 bits per heavy atom. The van der Waals surface area contributed by atoms with Crippen LogP contribution in [0.5, 0.6) is 17.2 Å². The molecule has 1 fully saturated rings. The summed E-state index contributed by atoms with van der Waals surface area (Å²) in [4.78, 5) is 40.4. The maximum absolute atomic E-state index is 13.4. The molecule has 2 aliphatic heterocycles. The fourth-order valence-corrected chi connectivity index (χ4v) is 4.90. The Bertz CT molecular complexity index is 1440. The number of amides is 1. The minimum Gasteiger partial charge on any atom is -0.505 e. The van der Waals surface area contributed by atoms with Crippen LogP contribution in [0.1, 0.15) is 51.2 Å². The van der Waals surface area contributed by atoms with E-state index in [4.69, 9.17) is 9.47 Å². The van der Waals surface area contributed by atoms with Crippen LogP contribution in [-0.2, 0) is 0 Å². The molecule has 0 aliphatic carbocycles. The molecule has 1 spiro atoms. The number of aromatic hydroxyl groups is 1. The van der Waals surface area contributed by atoms with Crippen molar-refractivity contribution in [3.63, 3.8) is 0 Å². The van der Waals surface area contributed by atoms with Gasteiger partial charge in [0.1, 0.15) is 22.8 Å². The number of ketones is 1. The van der Waals surface area contributed by atoms with E-state index in [1.54, 1.807) is 29.2 Å². The van der Waals surface area contributed by atoms with Crippen LogP contribution >= 0.6 is 0 Å². The highest BCUT2D eigenvalue weighted by atomic mass is 16.5. The van der Waals surface area contributed by atoms with Gasteiger partial charge in [0.15, 0.2) is 17.2 Å². The summed E-state index contributed by atoms with van der Waals surface area (Å²) in [6.45, 7) is 4.57. The van der Waals surface area contributed by atoms with Gasteiger partial charge >= 0.3 is 0 Å². The quantitative estimate of drug-likeness (QED) is 0.601. The zero-order valence-electron chi connectivity index (χ0n) is 20.4. The Kier molecular flexibility index (Phi) is 5.78. The summed E-state index contributed by atoms with van der Waals surface area (Å²) >= 11 is 0. The fourth-order valence-electron chi connectivity index (χ4n) is 4.90. The average Bonchev–Trinajstić information content (AvgIpc) is 2.87. The molecule has 0 unspecified atom stereocenters. The van der Waals surface area contributed by atoms with E-state index in [0.29, 0.717) is 48.7 Å². The monoisotopic (exact) mass is 489 g/mol. The van der Waals surface area contributed by atoms with E-state index in [-0.39, 0.29) is 17.9 Å². The second-order valence-corrected chi connectivity index (χ2v) is 9.36. The number of benzene rings is 2. The van der Waals surface area contributed by atoms with Crippen molar-refractivity contribution in [2.24, 2.45) is 0 Å². The topological polar surface area (TPSA) is 111 Å². The Morgan fingerprint density at radius 3 is 2.56 bits per heavy atom. The summed E-state index contributed by atoms with van der Waals surface area (Å²) in [7, 11) is 1.47. The highest BCUT2D eigenvalue weighted by Crippen LogP contribution is 2.42. The number of nitrogens with zero attached hydrogens (tertiary/aromatic N) is 3. The maximum atomic E-state index is 13.4. The lowest BCUT2D eigenvalue weighted by Gasteiger charge is -2.44. The normalized spacial score (nSPS) is 16.4. The van der Waals surface area contributed by atoms with Crippen molar-refractivity contribution in [1.29, 1.82) is 0 Å². The first-order valence-corrected chi connectivity index (χ1v) is 11.8. The summed E-state index contributed by atoms with van der Waals surface area (Å²) in [5, 5.41) is 14.6. The molecule has 1 saturated heterocycles. The molecule has 2 aromatic carbocycles. The Balaban J connectivity index is 1.39. The molecule has 186 valence electrons. The third-order valence-corrected chi connectivity index (χ3v) is 7.17. The highest BCUT2D eigenvalue weighted by Gasteiger charge is 2.44. The van der Waals surface area contributed by atoms with E-state index in [1.165, 1.54) is 7.11 Å². The van der Waals surface area contributed by atoms with Gasteiger partial charge in [0.05, 0.1) is 19.1 Å². The van der Waals surface area contributed by atoms with Gasteiger partial charge in [0.25, 0.3) is 11.5 Å². The second kappa shape index (κ2) is 8.82. The molecular formula is C27H27N3O6. The van der Waals surface area contributed by atoms with Gasteiger partial charge in [-0.1, -0.05) is 18.2 Å². The molecule has 3 heterocycles. The van der Waals surface area contributed by atoms with E-state index in [1.807, 2.05) is 26.0 Å². The number of fused-ring (bicyclic) bond motifs is 1. The van der Waals surface area contributed by atoms with Crippen LogP contribution in [0.4, 0.5) is 0 Å². The summed E-state index contributed by atoms with van der Waals surface area (Å²) in [6, 6.07) is 11.5. The second-order valence-electron chi connectivity index (χ2n) is 9.36. The van der Waals surface area contributed by atoms with Gasteiger partial charge in [-0.05, 0) is 43.2 Å². The predicted octanol–water partition coefficient (Wildman–Crippen LogP) is 3.20. The SMILES string of the molecule is COc1ccccc1-n1nc(C(=O)N2CCC3(CC2)CC(=O)c2ccc(C)c(C)c2O3)c(O)cc1=O. The summed E-state index contributed by atoms with van der Waals surface area (Å²) in [5.41, 5.74) is 1.47. The van der Waals surface area contributed by atoms with Crippen molar-refractivity contribution in [3.8, 4) is 22.9 Å². The molecule has 0 saturated carbocycles. The van der Waals surface area contributed by atoms with E-state index in [2.05, 4.69) is 5.10 Å². The van der Waals surface area contributed by atoms with Gasteiger partial charge in [-0.25, -0.2) is 0 Å². The number of hydrogen-bond acceptors (Lipinski definition) is 7. The zero-order chi connectivity index (χ0) is 25.6. The summed E-state index contributed by atoms with van der Waals surface area (Å²) in [5.74, 6) is 0.0960. The molecule has 3 aromatic rings. The number of likely N-dealkylation sites (tertiary alicyclic amines) is 1. The third kappa shape index (κ3) is 3.90. The van der Waals surface area contributed by atoms with Crippen LogP contribution < -0.4 is 15.0 Å². The van der Waals surface area contributed by atoms with Crippen LogP contribution in [0, 0.1) is 13.8 Å². The molecule has 1 N–H and O–H groups in total. The first-order valence-electron chi connectivity index (χ1n) is 11.8. The molecule has 5 rings (SSSR count). The lowest BCUT2D eigenvalue weighted by Crippen LogP contribution is -2.52.